The van der Waals surface area contributed by atoms with Gasteiger partial charge < -0.3 is 4.42 Å². The number of carbonyl (C=O) groups excluding carboxylic acids is 1. The molecule has 0 aliphatic heterocycles. The molecule has 3 aromatic rings. The number of carbonyl (C=O) groups is 1. The Labute approximate surface area is 139 Å². The van der Waals surface area contributed by atoms with E-state index in [1.807, 2.05) is 0 Å². The van der Waals surface area contributed by atoms with Gasteiger partial charge in [-0.2, -0.15) is 13.2 Å². The van der Waals surface area contributed by atoms with Gasteiger partial charge >= 0.3 is 6.18 Å². The predicted octanol–water partition coefficient (Wildman–Crippen LogP) is 4.98. The van der Waals surface area contributed by atoms with Crippen molar-refractivity contribution >= 4 is 22.4 Å². The maximum absolute atomic E-state index is 12.8. The smallest absolute Gasteiger partial charge is 0.416 e. The summed E-state index contributed by atoms with van der Waals surface area (Å²) < 4.78 is 43.7. The fourth-order valence-electron chi connectivity index (χ4n) is 2.03. The molecule has 3 rings (SSSR count). The molecule has 0 aliphatic rings. The maximum atomic E-state index is 12.8. The Kier molecular flexibility index (Phi) is 4.15. The van der Waals surface area contributed by atoms with E-state index in [0.717, 1.165) is 17.8 Å². The number of aryl methyl sites for hydroxylation is 1. The van der Waals surface area contributed by atoms with E-state index in [1.165, 1.54) is 35.6 Å². The number of thiazole rings is 1. The van der Waals surface area contributed by atoms with Crippen molar-refractivity contribution in [2.24, 2.45) is 0 Å². The molecule has 0 saturated carbocycles. The number of furan rings is 1. The van der Waals surface area contributed by atoms with Crippen molar-refractivity contribution in [1.29, 1.82) is 0 Å². The first-order valence-corrected chi connectivity index (χ1v) is 7.72. The molecule has 8 heteroatoms. The van der Waals surface area contributed by atoms with Gasteiger partial charge in [-0.3, -0.25) is 10.1 Å². The first kappa shape index (κ1) is 16.3. The van der Waals surface area contributed by atoms with Gasteiger partial charge in [0.05, 0.1) is 11.3 Å². The number of aromatic nitrogens is 1. The average molecular weight is 352 g/mol. The van der Waals surface area contributed by atoms with Crippen LogP contribution < -0.4 is 5.32 Å². The Hall–Kier alpha value is -2.61. The fraction of sp³-hybridized carbons (Fsp3) is 0.125. The van der Waals surface area contributed by atoms with Crippen LogP contribution in [0.15, 0.2) is 46.2 Å². The number of benzene rings is 1. The lowest BCUT2D eigenvalue weighted by molar-refractivity contribution is -0.137. The monoisotopic (exact) mass is 352 g/mol. The molecule has 0 bridgehead atoms. The van der Waals surface area contributed by atoms with Crippen molar-refractivity contribution in [2.75, 3.05) is 5.32 Å². The number of nitrogens with zero attached hydrogens (tertiary/aromatic N) is 1. The second-order valence-corrected chi connectivity index (χ2v) is 5.85. The minimum atomic E-state index is -4.44. The number of hydrogen-bond acceptors (Lipinski definition) is 4. The Morgan fingerprint density at radius 1 is 1.25 bits per heavy atom. The number of hydrogen-bond donors (Lipinski definition) is 1. The van der Waals surface area contributed by atoms with Crippen LogP contribution in [-0.2, 0) is 6.18 Å². The zero-order chi connectivity index (χ0) is 17.3. The highest BCUT2D eigenvalue weighted by Crippen LogP contribution is 2.32. The molecule has 1 amide bonds. The quantitative estimate of drug-likeness (QED) is 0.723. The van der Waals surface area contributed by atoms with Crippen molar-refractivity contribution in [3.63, 3.8) is 0 Å². The third-order valence-corrected chi connectivity index (χ3v) is 4.02. The molecule has 2 aromatic heterocycles. The first-order chi connectivity index (χ1) is 11.3. The molecule has 0 spiro atoms. The van der Waals surface area contributed by atoms with Crippen LogP contribution in [0.25, 0.3) is 11.3 Å². The molecule has 1 aromatic carbocycles. The standard InChI is InChI=1S/C16H11F3N2O2S/c1-9-8-24-15(20-9)21-14(22)13-6-5-12(23-13)10-3-2-4-11(7-10)16(17,18)19/h2-8H,1H3,(H,20,21,22). The molecule has 4 nitrogen and oxygen atoms in total. The molecule has 1 N–H and O–H groups in total. The Morgan fingerprint density at radius 2 is 2.04 bits per heavy atom. The van der Waals surface area contributed by atoms with Crippen LogP contribution in [0.5, 0.6) is 0 Å². The van der Waals surface area contributed by atoms with E-state index < -0.39 is 17.6 Å². The summed E-state index contributed by atoms with van der Waals surface area (Å²) in [5.41, 5.74) is 0.244. The lowest BCUT2D eigenvalue weighted by atomic mass is 10.1. The summed E-state index contributed by atoms with van der Waals surface area (Å²) in [6, 6.07) is 7.59. The largest absolute Gasteiger partial charge is 0.451 e. The van der Waals surface area contributed by atoms with Crippen molar-refractivity contribution < 1.29 is 22.4 Å². The summed E-state index contributed by atoms with van der Waals surface area (Å²) in [5, 5.41) is 4.78. The van der Waals surface area contributed by atoms with E-state index in [1.54, 1.807) is 12.3 Å². The van der Waals surface area contributed by atoms with Crippen molar-refractivity contribution in [3.05, 3.63) is 58.8 Å². The van der Waals surface area contributed by atoms with E-state index in [-0.39, 0.29) is 17.1 Å². The summed E-state index contributed by atoms with van der Waals surface area (Å²) in [5.74, 6) is -0.334. The van der Waals surface area contributed by atoms with Gasteiger partial charge in [-0.1, -0.05) is 12.1 Å². The summed E-state index contributed by atoms with van der Waals surface area (Å²) in [6.45, 7) is 1.80. The van der Waals surface area contributed by atoms with Gasteiger partial charge in [-0.15, -0.1) is 11.3 Å². The molecule has 2 heterocycles. The number of rotatable bonds is 3. The second-order valence-electron chi connectivity index (χ2n) is 4.99. The average Bonchev–Trinajstić information content (AvgIpc) is 3.16. The fourth-order valence-corrected chi connectivity index (χ4v) is 2.72. The molecule has 0 atom stereocenters. The van der Waals surface area contributed by atoms with Crippen molar-refractivity contribution in [2.45, 2.75) is 13.1 Å². The van der Waals surface area contributed by atoms with Crippen molar-refractivity contribution in [3.8, 4) is 11.3 Å². The van der Waals surface area contributed by atoms with Crippen LogP contribution in [-0.4, -0.2) is 10.9 Å². The molecule has 0 radical (unpaired) electrons. The van der Waals surface area contributed by atoms with Crippen LogP contribution in [0.2, 0.25) is 0 Å². The summed E-state index contributed by atoms with van der Waals surface area (Å²) in [7, 11) is 0. The minimum Gasteiger partial charge on any atom is -0.451 e. The Morgan fingerprint density at radius 3 is 2.71 bits per heavy atom. The summed E-state index contributed by atoms with van der Waals surface area (Å²) in [6.07, 6.45) is -4.44. The molecule has 0 aliphatic carbocycles. The van der Waals surface area contributed by atoms with Gasteiger partial charge in [0.1, 0.15) is 5.76 Å². The van der Waals surface area contributed by atoms with Gasteiger partial charge in [0.2, 0.25) is 0 Å². The van der Waals surface area contributed by atoms with E-state index in [0.29, 0.717) is 5.13 Å². The van der Waals surface area contributed by atoms with Gasteiger partial charge in [0.25, 0.3) is 5.91 Å². The number of halogens is 3. The molecular weight excluding hydrogens is 341 g/mol. The highest BCUT2D eigenvalue weighted by Gasteiger charge is 2.30. The van der Waals surface area contributed by atoms with Crippen molar-refractivity contribution in [1.82, 2.24) is 4.98 Å². The number of amides is 1. The lowest BCUT2D eigenvalue weighted by Gasteiger charge is -2.07. The normalized spacial score (nSPS) is 11.5. The maximum Gasteiger partial charge on any atom is 0.416 e. The van der Waals surface area contributed by atoms with Crippen LogP contribution in [0.3, 0.4) is 0 Å². The Balaban J connectivity index is 1.81. The highest BCUT2D eigenvalue weighted by atomic mass is 32.1. The van der Waals surface area contributed by atoms with Gasteiger partial charge in [0.15, 0.2) is 10.9 Å². The van der Waals surface area contributed by atoms with Crippen LogP contribution in [0.1, 0.15) is 21.8 Å². The lowest BCUT2D eigenvalue weighted by Crippen LogP contribution is -2.10. The van der Waals surface area contributed by atoms with E-state index in [9.17, 15) is 18.0 Å². The summed E-state index contributed by atoms with van der Waals surface area (Å²) in [4.78, 5) is 16.2. The topological polar surface area (TPSA) is 55.1 Å². The molecule has 0 saturated heterocycles. The predicted molar refractivity (Wildman–Crippen MR) is 84.0 cm³/mol. The summed E-state index contributed by atoms with van der Waals surface area (Å²) >= 11 is 1.27. The second kappa shape index (κ2) is 6.12. The third-order valence-electron chi connectivity index (χ3n) is 3.14. The number of alkyl halides is 3. The molecule has 24 heavy (non-hydrogen) atoms. The first-order valence-electron chi connectivity index (χ1n) is 6.84. The van der Waals surface area contributed by atoms with E-state index in [4.69, 9.17) is 4.42 Å². The van der Waals surface area contributed by atoms with Gasteiger partial charge in [-0.25, -0.2) is 4.98 Å². The Bertz CT molecular complexity index is 883. The zero-order valence-corrected chi connectivity index (χ0v) is 13.2. The molecule has 0 fully saturated rings. The molecule has 0 unspecified atom stereocenters. The SMILES string of the molecule is Cc1csc(NC(=O)c2ccc(-c3cccc(C(F)(F)F)c3)o2)n1. The van der Waals surface area contributed by atoms with Gasteiger partial charge in [-0.05, 0) is 31.2 Å². The number of anilines is 1. The molecular formula is C16H11F3N2O2S. The third kappa shape index (κ3) is 3.48. The van der Waals surface area contributed by atoms with Crippen LogP contribution in [0.4, 0.5) is 18.3 Å². The van der Waals surface area contributed by atoms with E-state index in [2.05, 4.69) is 10.3 Å². The van der Waals surface area contributed by atoms with E-state index >= 15 is 0 Å². The zero-order valence-electron chi connectivity index (χ0n) is 12.3. The van der Waals surface area contributed by atoms with Crippen LogP contribution in [0, 0.1) is 6.92 Å². The minimum absolute atomic E-state index is 0.00438. The van der Waals surface area contributed by atoms with Crippen LogP contribution >= 0.6 is 11.3 Å². The highest BCUT2D eigenvalue weighted by molar-refractivity contribution is 7.13. The van der Waals surface area contributed by atoms with Gasteiger partial charge in [0, 0.05) is 10.9 Å². The number of nitrogens with one attached hydrogen (secondary N) is 1. The molecule has 124 valence electrons.